The van der Waals surface area contributed by atoms with Crippen LogP contribution >= 0.6 is 0 Å². The van der Waals surface area contributed by atoms with E-state index in [4.69, 9.17) is 5.73 Å². The molecule has 0 aliphatic rings. The van der Waals surface area contributed by atoms with E-state index in [0.717, 1.165) is 11.1 Å². The van der Waals surface area contributed by atoms with Gasteiger partial charge in [0.05, 0.1) is 0 Å². The van der Waals surface area contributed by atoms with Crippen molar-refractivity contribution in [2.45, 2.75) is 12.5 Å². The van der Waals surface area contributed by atoms with E-state index in [-0.39, 0.29) is 0 Å². The largest absolute Gasteiger partial charge is 0.368 e. The molecule has 1 atom stereocenters. The fourth-order valence-corrected chi connectivity index (χ4v) is 2.88. The Balaban J connectivity index is 1.73. The van der Waals surface area contributed by atoms with Crippen molar-refractivity contribution in [2.24, 2.45) is 5.73 Å². The number of hydrogen-bond donors (Lipinski definition) is 3. The number of amides is 3. The molecule has 3 rings (SSSR count). The standard InChI is InChI=1S/C22H20FN3O2/c23-18-12-10-16(11-13-18)20(21(24)27)26-22(28)25-19-9-5-4-8-17(19)14-15-6-2-1-3-7-15/h1-13,20H,14H2,(H2,24,27)(H2,25,26,28)/t20-/m0/s1. The zero-order chi connectivity index (χ0) is 19.9. The lowest BCUT2D eigenvalue weighted by Gasteiger charge is -2.17. The van der Waals surface area contributed by atoms with E-state index in [2.05, 4.69) is 10.6 Å². The number of carbonyl (C=O) groups is 2. The Bertz CT molecular complexity index is 959. The van der Waals surface area contributed by atoms with Gasteiger partial charge in [-0.1, -0.05) is 60.7 Å². The second-order valence-corrected chi connectivity index (χ2v) is 6.30. The minimum atomic E-state index is -1.07. The molecule has 0 fully saturated rings. The van der Waals surface area contributed by atoms with E-state index in [0.29, 0.717) is 17.7 Å². The third-order valence-corrected chi connectivity index (χ3v) is 4.27. The molecule has 0 aromatic heterocycles. The first-order valence-corrected chi connectivity index (χ1v) is 8.77. The van der Waals surface area contributed by atoms with Crippen LogP contribution in [0.2, 0.25) is 0 Å². The summed E-state index contributed by atoms with van der Waals surface area (Å²) in [5, 5.41) is 5.31. The summed E-state index contributed by atoms with van der Waals surface area (Å²) in [5.41, 5.74) is 8.48. The third kappa shape index (κ3) is 4.94. The molecule has 0 radical (unpaired) electrons. The highest BCUT2D eigenvalue weighted by Crippen LogP contribution is 2.20. The molecule has 0 saturated carbocycles. The quantitative estimate of drug-likeness (QED) is 0.611. The SMILES string of the molecule is NC(=O)[C@@H](NC(=O)Nc1ccccc1Cc1ccccc1)c1ccc(F)cc1. The van der Waals surface area contributed by atoms with Gasteiger partial charge in [-0.3, -0.25) is 4.79 Å². The number of halogens is 1. The number of rotatable bonds is 6. The van der Waals surface area contributed by atoms with Crippen molar-refractivity contribution in [3.05, 3.63) is 101 Å². The van der Waals surface area contributed by atoms with Crippen molar-refractivity contribution in [1.29, 1.82) is 0 Å². The highest BCUT2D eigenvalue weighted by molar-refractivity contribution is 5.94. The molecule has 6 heteroatoms. The summed E-state index contributed by atoms with van der Waals surface area (Å²) in [6, 6.07) is 20.9. The molecule has 142 valence electrons. The monoisotopic (exact) mass is 377 g/mol. The predicted molar refractivity (Wildman–Crippen MR) is 106 cm³/mol. The van der Waals surface area contributed by atoms with Crippen LogP contribution in [0.4, 0.5) is 14.9 Å². The summed E-state index contributed by atoms with van der Waals surface area (Å²) in [4.78, 5) is 24.2. The molecular weight excluding hydrogens is 357 g/mol. The third-order valence-electron chi connectivity index (χ3n) is 4.27. The van der Waals surface area contributed by atoms with Gasteiger partial charge in [0.15, 0.2) is 0 Å². The van der Waals surface area contributed by atoms with Crippen LogP contribution in [0.3, 0.4) is 0 Å². The Kier molecular flexibility index (Phi) is 6.01. The average molecular weight is 377 g/mol. The van der Waals surface area contributed by atoms with Crippen molar-refractivity contribution >= 4 is 17.6 Å². The van der Waals surface area contributed by atoms with E-state index in [1.54, 1.807) is 6.07 Å². The van der Waals surface area contributed by atoms with Crippen LogP contribution in [-0.2, 0) is 11.2 Å². The lowest BCUT2D eigenvalue weighted by atomic mass is 10.0. The molecule has 0 aliphatic carbocycles. The summed E-state index contributed by atoms with van der Waals surface area (Å²) >= 11 is 0. The maximum absolute atomic E-state index is 13.1. The average Bonchev–Trinajstić information content (AvgIpc) is 2.69. The highest BCUT2D eigenvalue weighted by Gasteiger charge is 2.20. The first kappa shape index (κ1) is 19.1. The van der Waals surface area contributed by atoms with Gasteiger partial charge in [-0.05, 0) is 41.3 Å². The van der Waals surface area contributed by atoms with Gasteiger partial charge in [0, 0.05) is 5.69 Å². The van der Waals surface area contributed by atoms with Gasteiger partial charge in [-0.2, -0.15) is 0 Å². The molecule has 0 spiro atoms. The van der Waals surface area contributed by atoms with Gasteiger partial charge in [0.2, 0.25) is 5.91 Å². The fourth-order valence-electron chi connectivity index (χ4n) is 2.88. The maximum Gasteiger partial charge on any atom is 0.320 e. The molecule has 5 nitrogen and oxygen atoms in total. The number of benzene rings is 3. The van der Waals surface area contributed by atoms with Crippen LogP contribution in [0.15, 0.2) is 78.9 Å². The maximum atomic E-state index is 13.1. The molecular formula is C22H20FN3O2. The van der Waals surface area contributed by atoms with Crippen molar-refractivity contribution in [3.8, 4) is 0 Å². The Morgan fingerprint density at radius 3 is 2.21 bits per heavy atom. The van der Waals surface area contributed by atoms with Crippen molar-refractivity contribution < 1.29 is 14.0 Å². The number of urea groups is 1. The molecule has 0 aliphatic heterocycles. The number of nitrogens with two attached hydrogens (primary N) is 1. The second-order valence-electron chi connectivity index (χ2n) is 6.30. The van der Waals surface area contributed by atoms with Gasteiger partial charge in [0.1, 0.15) is 11.9 Å². The fraction of sp³-hybridized carbons (Fsp3) is 0.0909. The molecule has 4 N–H and O–H groups in total. The molecule has 28 heavy (non-hydrogen) atoms. The zero-order valence-corrected chi connectivity index (χ0v) is 15.1. The van der Waals surface area contributed by atoms with Crippen LogP contribution in [-0.4, -0.2) is 11.9 Å². The Hall–Kier alpha value is -3.67. The molecule has 0 unspecified atom stereocenters. The molecule has 3 aromatic rings. The van der Waals surface area contributed by atoms with Crippen molar-refractivity contribution in [2.75, 3.05) is 5.32 Å². The zero-order valence-electron chi connectivity index (χ0n) is 15.1. The number of hydrogen-bond acceptors (Lipinski definition) is 2. The number of anilines is 1. The molecule has 0 heterocycles. The lowest BCUT2D eigenvalue weighted by molar-refractivity contribution is -0.119. The van der Waals surface area contributed by atoms with E-state index in [1.807, 2.05) is 48.5 Å². The minimum absolute atomic E-state index is 0.404. The first-order valence-electron chi connectivity index (χ1n) is 8.77. The molecule has 3 aromatic carbocycles. The highest BCUT2D eigenvalue weighted by atomic mass is 19.1. The van der Waals surface area contributed by atoms with Gasteiger partial charge in [-0.15, -0.1) is 0 Å². The van der Waals surface area contributed by atoms with Crippen LogP contribution in [0.5, 0.6) is 0 Å². The van der Waals surface area contributed by atoms with E-state index < -0.39 is 23.8 Å². The number of para-hydroxylation sites is 1. The van der Waals surface area contributed by atoms with Crippen LogP contribution in [0, 0.1) is 5.82 Å². The van der Waals surface area contributed by atoms with E-state index in [1.165, 1.54) is 24.3 Å². The second kappa shape index (κ2) is 8.81. The smallest absolute Gasteiger partial charge is 0.320 e. The van der Waals surface area contributed by atoms with Crippen LogP contribution in [0.25, 0.3) is 0 Å². The number of nitrogens with one attached hydrogen (secondary N) is 2. The van der Waals surface area contributed by atoms with E-state index >= 15 is 0 Å². The predicted octanol–water partition coefficient (Wildman–Crippen LogP) is 3.76. The van der Waals surface area contributed by atoms with Crippen molar-refractivity contribution in [3.63, 3.8) is 0 Å². The normalized spacial score (nSPS) is 11.5. The molecule has 0 saturated heterocycles. The van der Waals surface area contributed by atoms with E-state index in [9.17, 15) is 14.0 Å². The van der Waals surface area contributed by atoms with Crippen molar-refractivity contribution in [1.82, 2.24) is 5.32 Å². The Morgan fingerprint density at radius 1 is 0.893 bits per heavy atom. The summed E-state index contributed by atoms with van der Waals surface area (Å²) in [7, 11) is 0. The molecule has 0 bridgehead atoms. The lowest BCUT2D eigenvalue weighted by Crippen LogP contribution is -2.39. The van der Waals surface area contributed by atoms with Gasteiger partial charge in [0.25, 0.3) is 0 Å². The van der Waals surface area contributed by atoms with Gasteiger partial charge >= 0.3 is 6.03 Å². The minimum Gasteiger partial charge on any atom is -0.368 e. The first-order chi connectivity index (χ1) is 13.5. The summed E-state index contributed by atoms with van der Waals surface area (Å²) < 4.78 is 13.1. The van der Waals surface area contributed by atoms with Crippen LogP contribution < -0.4 is 16.4 Å². The number of primary amides is 1. The summed E-state index contributed by atoms with van der Waals surface area (Å²) in [6.45, 7) is 0. The Morgan fingerprint density at radius 2 is 1.54 bits per heavy atom. The van der Waals surface area contributed by atoms with Gasteiger partial charge in [-0.25, -0.2) is 9.18 Å². The summed E-state index contributed by atoms with van der Waals surface area (Å²) in [6.07, 6.45) is 0.647. The van der Waals surface area contributed by atoms with Gasteiger partial charge < -0.3 is 16.4 Å². The number of carbonyl (C=O) groups excluding carboxylic acids is 2. The Labute approximate surface area is 162 Å². The molecule has 3 amide bonds. The summed E-state index contributed by atoms with van der Waals surface area (Å²) in [5.74, 6) is -1.18. The van der Waals surface area contributed by atoms with Crippen LogP contribution in [0.1, 0.15) is 22.7 Å². The topological polar surface area (TPSA) is 84.2 Å².